The first kappa shape index (κ1) is 22.0. The van der Waals surface area contributed by atoms with E-state index in [-0.39, 0.29) is 26.1 Å². The monoisotopic (exact) mass is 605 g/mol. The molecule has 2 heterocycles. The first-order chi connectivity index (χ1) is 11.8. The standard InChI is InChI=1S/C9H13N2O12P2.Hg/c12-5-1-2-11(9(15)10-5)8-7(14)6(13)4(22-8)3-21-25(19,20)23-24(16,17)18;/h2,4,6-8,13-14H,3H2,(H,19,20)(H,10,12,15)(H2,16,17,18);/t4-,6-,7-,8-;/m1./s1. The number of aliphatic hydroxyl groups excluding tert-OH is 2. The number of aromatic nitrogens is 2. The topological polar surface area (TPSA) is 218 Å². The molecule has 14 nitrogen and oxygen atoms in total. The summed E-state index contributed by atoms with van der Waals surface area (Å²) in [5, 5.41) is 20.0. The van der Waals surface area contributed by atoms with Gasteiger partial charge in [-0.25, -0.2) is 0 Å². The summed E-state index contributed by atoms with van der Waals surface area (Å²) >= 11 is -0.162. The van der Waals surface area contributed by atoms with Crippen molar-refractivity contribution < 1.29 is 73.7 Å². The minimum atomic E-state index is -5.32. The molecule has 1 unspecified atom stereocenters. The normalized spacial score (nSPS) is 28.9. The summed E-state index contributed by atoms with van der Waals surface area (Å²) in [4.78, 5) is 51.5. The Hall–Kier alpha value is -0.245. The first-order valence-electron chi connectivity index (χ1n) is 6.74. The van der Waals surface area contributed by atoms with Crippen molar-refractivity contribution in [3.63, 3.8) is 0 Å². The summed E-state index contributed by atoms with van der Waals surface area (Å²) < 4.78 is 36.3. The van der Waals surface area contributed by atoms with Crippen LogP contribution in [0.25, 0.3) is 0 Å². The van der Waals surface area contributed by atoms with E-state index in [9.17, 15) is 33.8 Å². The number of nitrogens with one attached hydrogen (secondary N) is 1. The summed E-state index contributed by atoms with van der Waals surface area (Å²) in [6, 6.07) is 0. The molecule has 1 fully saturated rings. The Morgan fingerprint density at radius 2 is 1.85 bits per heavy atom. The summed E-state index contributed by atoms with van der Waals surface area (Å²) in [5.41, 5.74) is -1.47. The molecule has 1 saturated heterocycles. The van der Waals surface area contributed by atoms with Crippen molar-refractivity contribution in [1.82, 2.24) is 9.55 Å². The van der Waals surface area contributed by atoms with Gasteiger partial charge in [-0.3, -0.25) is 0 Å². The molecular formula is C9H13HgN2O12P2. The Morgan fingerprint density at radius 1 is 1.23 bits per heavy atom. The van der Waals surface area contributed by atoms with Gasteiger partial charge in [0, 0.05) is 0 Å². The van der Waals surface area contributed by atoms with E-state index in [0.717, 1.165) is 4.57 Å². The number of hydrogen-bond donors (Lipinski definition) is 6. The fraction of sp³-hybridized carbons (Fsp3) is 0.556. The van der Waals surface area contributed by atoms with Crippen LogP contribution in [0.15, 0.2) is 15.8 Å². The maximum atomic E-state index is 11.8. The van der Waals surface area contributed by atoms with Crippen LogP contribution in [0.1, 0.15) is 6.23 Å². The molecule has 1 aromatic heterocycles. The molecule has 0 aliphatic carbocycles. The van der Waals surface area contributed by atoms with Crippen molar-refractivity contribution in [1.29, 1.82) is 0 Å². The summed E-state index contributed by atoms with van der Waals surface area (Å²) in [6.45, 7) is -0.891. The van der Waals surface area contributed by atoms with E-state index < -0.39 is 58.0 Å². The van der Waals surface area contributed by atoms with Crippen LogP contribution in [0.5, 0.6) is 0 Å². The van der Waals surface area contributed by atoms with E-state index in [2.05, 4.69) is 8.83 Å². The molecule has 0 aromatic carbocycles. The van der Waals surface area contributed by atoms with Crippen molar-refractivity contribution in [2.75, 3.05) is 6.61 Å². The van der Waals surface area contributed by atoms with Crippen LogP contribution in [-0.2, 0) is 48.8 Å². The quantitative estimate of drug-likeness (QED) is 0.138. The molecule has 26 heavy (non-hydrogen) atoms. The molecule has 1 aliphatic heterocycles. The van der Waals surface area contributed by atoms with Gasteiger partial charge in [-0.1, -0.05) is 0 Å². The Kier molecular flexibility index (Phi) is 6.79. The van der Waals surface area contributed by atoms with Crippen LogP contribution in [0.4, 0.5) is 0 Å². The second-order valence-corrected chi connectivity index (χ2v) is 11.0. The predicted octanol–water partition coefficient (Wildman–Crippen LogP) is -3.45. The number of phosphoric ester groups is 1. The third-order valence-corrected chi connectivity index (χ3v) is 7.37. The van der Waals surface area contributed by atoms with E-state index in [1.54, 1.807) is 0 Å². The molecule has 0 amide bonds. The second-order valence-electron chi connectivity index (χ2n) is 5.20. The van der Waals surface area contributed by atoms with Crippen LogP contribution in [0.2, 0.25) is 0 Å². The number of H-pyrrole nitrogens is 1. The number of ether oxygens (including phenoxy) is 1. The van der Waals surface area contributed by atoms with E-state index >= 15 is 0 Å². The third-order valence-electron chi connectivity index (χ3n) is 3.26. The maximum absolute atomic E-state index is 11.8. The molecule has 5 atom stereocenters. The van der Waals surface area contributed by atoms with Gasteiger partial charge in [0.25, 0.3) is 0 Å². The van der Waals surface area contributed by atoms with Gasteiger partial charge in [-0.05, 0) is 0 Å². The van der Waals surface area contributed by atoms with E-state index in [1.807, 2.05) is 4.98 Å². The first-order valence-corrected chi connectivity index (χ1v) is 12.5. The van der Waals surface area contributed by atoms with Crippen LogP contribution in [0, 0.1) is 0 Å². The predicted molar refractivity (Wildman–Crippen MR) is 75.8 cm³/mol. The zero-order valence-corrected chi connectivity index (χ0v) is 20.0. The fourth-order valence-electron chi connectivity index (χ4n) is 2.14. The molecule has 0 bridgehead atoms. The molecule has 17 heteroatoms. The molecule has 0 radical (unpaired) electrons. The van der Waals surface area contributed by atoms with Crippen LogP contribution >= 0.6 is 15.6 Å². The van der Waals surface area contributed by atoms with E-state index in [1.165, 1.54) is 6.20 Å². The van der Waals surface area contributed by atoms with Crippen molar-refractivity contribution in [3.05, 3.63) is 27.0 Å². The van der Waals surface area contributed by atoms with E-state index in [0.29, 0.717) is 3.07 Å². The average molecular weight is 604 g/mol. The summed E-state index contributed by atoms with van der Waals surface area (Å²) in [5.74, 6) is 0. The molecule has 0 spiro atoms. The van der Waals surface area contributed by atoms with Gasteiger partial charge in [0.2, 0.25) is 0 Å². The van der Waals surface area contributed by atoms with Gasteiger partial charge in [-0.15, -0.1) is 0 Å². The van der Waals surface area contributed by atoms with E-state index in [4.69, 9.17) is 14.5 Å². The molecule has 0 saturated carbocycles. The average Bonchev–Trinajstić information content (AvgIpc) is 2.75. The Balaban J connectivity index is 2.14. The summed E-state index contributed by atoms with van der Waals surface area (Å²) in [7, 11) is -10.5. The zero-order chi connectivity index (χ0) is 19.9. The van der Waals surface area contributed by atoms with Gasteiger partial charge < -0.3 is 0 Å². The number of rotatable bonds is 6. The zero-order valence-electron chi connectivity index (χ0n) is 12.7. The van der Waals surface area contributed by atoms with Crippen LogP contribution in [-0.4, -0.2) is 59.4 Å². The number of nitrogens with zero attached hydrogens (tertiary/aromatic N) is 1. The molecule has 143 valence electrons. The minimum absolute atomic E-state index is 0.162. The number of hydrogen-bond acceptors (Lipinski definition) is 9. The SMILES string of the molecule is O=c1[nH]c(=O)n([C@@H]2O[C@H](COP(=O)(O)OP(=O)(O)O)[C@@H](O)[C@H]2O)c[c]1[Hg]. The number of aromatic amines is 1. The van der Waals surface area contributed by atoms with Gasteiger partial charge in [0.15, 0.2) is 0 Å². The molecule has 1 aromatic rings. The van der Waals surface area contributed by atoms with Crippen molar-refractivity contribution >= 4 is 18.7 Å². The molecule has 6 N–H and O–H groups in total. The fourth-order valence-corrected chi connectivity index (χ4v) is 4.85. The van der Waals surface area contributed by atoms with Crippen molar-refractivity contribution in [3.8, 4) is 0 Å². The van der Waals surface area contributed by atoms with Crippen molar-refractivity contribution in [2.24, 2.45) is 0 Å². The molecule has 1 aliphatic rings. The number of aliphatic hydroxyl groups is 2. The Labute approximate surface area is 160 Å². The van der Waals surface area contributed by atoms with Gasteiger partial charge >= 0.3 is 160 Å². The summed E-state index contributed by atoms with van der Waals surface area (Å²) in [6.07, 6.45) is -5.01. The van der Waals surface area contributed by atoms with Gasteiger partial charge in [-0.2, -0.15) is 0 Å². The Bertz CT molecular complexity index is 878. The Morgan fingerprint density at radius 3 is 2.42 bits per heavy atom. The van der Waals surface area contributed by atoms with Crippen LogP contribution < -0.4 is 14.3 Å². The molecular weight excluding hydrogens is 591 g/mol. The second kappa shape index (κ2) is 8.01. The van der Waals surface area contributed by atoms with Crippen molar-refractivity contribution in [2.45, 2.75) is 24.5 Å². The van der Waals surface area contributed by atoms with Gasteiger partial charge in [0.05, 0.1) is 0 Å². The van der Waals surface area contributed by atoms with Crippen LogP contribution in [0.3, 0.4) is 0 Å². The molecule has 2 rings (SSSR count). The third kappa shape index (κ3) is 5.39. The van der Waals surface area contributed by atoms with Gasteiger partial charge in [0.1, 0.15) is 0 Å². The number of phosphoric acid groups is 2.